The molecular formula is C20H38O4. The van der Waals surface area contributed by atoms with Crippen molar-refractivity contribution in [3.8, 4) is 0 Å². The van der Waals surface area contributed by atoms with Crippen molar-refractivity contribution < 1.29 is 19.1 Å². The Balaban J connectivity index is 3.41. The first-order valence-electron chi connectivity index (χ1n) is 9.85. The van der Waals surface area contributed by atoms with Crippen molar-refractivity contribution in [1.82, 2.24) is 0 Å². The molecule has 0 aromatic carbocycles. The Kier molecular flexibility index (Phi) is 14.8. The first-order chi connectivity index (χ1) is 11.5. The van der Waals surface area contributed by atoms with Crippen LogP contribution in [-0.4, -0.2) is 25.2 Å². The number of ether oxygens (including phenoxy) is 2. The molecule has 0 amide bonds. The van der Waals surface area contributed by atoms with E-state index in [0.29, 0.717) is 25.6 Å². The molecule has 0 rings (SSSR count). The molecule has 142 valence electrons. The van der Waals surface area contributed by atoms with Gasteiger partial charge in [-0.25, -0.2) is 0 Å². The number of esters is 2. The maximum Gasteiger partial charge on any atom is 0.308 e. The average Bonchev–Trinajstić information content (AvgIpc) is 2.56. The van der Waals surface area contributed by atoms with Gasteiger partial charge in [0.15, 0.2) is 0 Å². The second-order valence-electron chi connectivity index (χ2n) is 6.69. The molecular weight excluding hydrogens is 304 g/mol. The highest BCUT2D eigenvalue weighted by Gasteiger charge is 2.20. The van der Waals surface area contributed by atoms with E-state index in [1.165, 1.54) is 38.5 Å². The molecule has 0 aliphatic carbocycles. The van der Waals surface area contributed by atoms with Crippen LogP contribution in [0, 0.1) is 11.8 Å². The van der Waals surface area contributed by atoms with Gasteiger partial charge in [-0.1, -0.05) is 58.8 Å². The third kappa shape index (κ3) is 12.4. The quantitative estimate of drug-likeness (QED) is 0.300. The summed E-state index contributed by atoms with van der Waals surface area (Å²) >= 11 is 0. The standard InChI is InChI=1S/C20H38O4/c1-5-23-19(21)16-14-12-10-8-7-9-11-13-15-17(3)18(4)20(22)24-6-2/h17-18H,5-16H2,1-4H3. The van der Waals surface area contributed by atoms with E-state index in [1.54, 1.807) is 0 Å². The van der Waals surface area contributed by atoms with Gasteiger partial charge in [0.05, 0.1) is 19.1 Å². The number of unbranched alkanes of at least 4 members (excludes halogenated alkanes) is 7. The molecule has 0 aromatic heterocycles. The van der Waals surface area contributed by atoms with Crippen LogP contribution in [0.25, 0.3) is 0 Å². The van der Waals surface area contributed by atoms with E-state index < -0.39 is 0 Å². The van der Waals surface area contributed by atoms with Gasteiger partial charge in [0.1, 0.15) is 0 Å². The van der Waals surface area contributed by atoms with Crippen LogP contribution in [-0.2, 0) is 19.1 Å². The fourth-order valence-electron chi connectivity index (χ4n) is 2.79. The Morgan fingerprint density at radius 1 is 0.750 bits per heavy atom. The minimum Gasteiger partial charge on any atom is -0.466 e. The molecule has 0 saturated heterocycles. The number of rotatable bonds is 15. The lowest BCUT2D eigenvalue weighted by Crippen LogP contribution is -2.21. The van der Waals surface area contributed by atoms with Gasteiger partial charge in [0, 0.05) is 6.42 Å². The van der Waals surface area contributed by atoms with Gasteiger partial charge in [-0.15, -0.1) is 0 Å². The first kappa shape index (κ1) is 22.9. The summed E-state index contributed by atoms with van der Waals surface area (Å²) in [4.78, 5) is 22.9. The maximum atomic E-state index is 11.7. The lowest BCUT2D eigenvalue weighted by Gasteiger charge is -2.18. The summed E-state index contributed by atoms with van der Waals surface area (Å²) in [7, 11) is 0. The van der Waals surface area contributed by atoms with Gasteiger partial charge < -0.3 is 9.47 Å². The van der Waals surface area contributed by atoms with Crippen molar-refractivity contribution in [2.45, 2.75) is 91.9 Å². The minimum atomic E-state index is -0.0660. The van der Waals surface area contributed by atoms with Crippen LogP contribution in [0.15, 0.2) is 0 Å². The number of hydrogen-bond acceptors (Lipinski definition) is 4. The Bertz CT molecular complexity index is 328. The first-order valence-corrected chi connectivity index (χ1v) is 9.85. The molecule has 0 N–H and O–H groups in total. The normalized spacial score (nSPS) is 13.3. The second kappa shape index (κ2) is 15.5. The van der Waals surface area contributed by atoms with Crippen molar-refractivity contribution in [3.05, 3.63) is 0 Å². The lowest BCUT2D eigenvalue weighted by atomic mass is 9.90. The SMILES string of the molecule is CCOC(=O)CCCCCCCCCCC(C)C(C)C(=O)OCC. The van der Waals surface area contributed by atoms with Crippen LogP contribution < -0.4 is 0 Å². The Hall–Kier alpha value is -1.06. The smallest absolute Gasteiger partial charge is 0.308 e. The van der Waals surface area contributed by atoms with Crippen molar-refractivity contribution in [2.24, 2.45) is 11.8 Å². The highest BCUT2D eigenvalue weighted by Crippen LogP contribution is 2.20. The predicted molar refractivity (Wildman–Crippen MR) is 97.8 cm³/mol. The van der Waals surface area contributed by atoms with Gasteiger partial charge in [-0.05, 0) is 32.6 Å². The molecule has 0 aliphatic rings. The van der Waals surface area contributed by atoms with Crippen molar-refractivity contribution in [2.75, 3.05) is 13.2 Å². The highest BCUT2D eigenvalue weighted by atomic mass is 16.5. The second-order valence-corrected chi connectivity index (χ2v) is 6.69. The molecule has 0 heterocycles. The van der Waals surface area contributed by atoms with E-state index in [4.69, 9.17) is 9.47 Å². The zero-order chi connectivity index (χ0) is 18.2. The molecule has 0 radical (unpaired) electrons. The van der Waals surface area contributed by atoms with Crippen molar-refractivity contribution >= 4 is 11.9 Å². The van der Waals surface area contributed by atoms with Crippen LogP contribution in [0.3, 0.4) is 0 Å². The molecule has 2 atom stereocenters. The van der Waals surface area contributed by atoms with E-state index in [-0.39, 0.29) is 17.9 Å². The van der Waals surface area contributed by atoms with E-state index in [2.05, 4.69) is 6.92 Å². The van der Waals surface area contributed by atoms with E-state index in [9.17, 15) is 9.59 Å². The monoisotopic (exact) mass is 342 g/mol. The molecule has 0 spiro atoms. The van der Waals surface area contributed by atoms with Crippen LogP contribution in [0.1, 0.15) is 91.9 Å². The molecule has 0 bridgehead atoms. The Labute approximate surface area is 148 Å². The van der Waals surface area contributed by atoms with Gasteiger partial charge in [-0.2, -0.15) is 0 Å². The number of carbonyl (C=O) groups excluding carboxylic acids is 2. The average molecular weight is 343 g/mol. The van der Waals surface area contributed by atoms with E-state index in [0.717, 1.165) is 19.3 Å². The zero-order valence-corrected chi connectivity index (χ0v) is 16.3. The topological polar surface area (TPSA) is 52.6 Å². The minimum absolute atomic E-state index is 0.00403. The molecule has 24 heavy (non-hydrogen) atoms. The van der Waals surface area contributed by atoms with Gasteiger partial charge in [-0.3, -0.25) is 9.59 Å². The van der Waals surface area contributed by atoms with Crippen LogP contribution in [0.2, 0.25) is 0 Å². The van der Waals surface area contributed by atoms with E-state index >= 15 is 0 Å². The fraction of sp³-hybridized carbons (Fsp3) is 0.900. The van der Waals surface area contributed by atoms with Crippen molar-refractivity contribution in [3.63, 3.8) is 0 Å². The summed E-state index contributed by atoms with van der Waals surface area (Å²) in [6, 6.07) is 0. The summed E-state index contributed by atoms with van der Waals surface area (Å²) in [5.74, 6) is 0.271. The molecule has 4 heteroatoms. The Morgan fingerprint density at radius 3 is 1.79 bits per heavy atom. The van der Waals surface area contributed by atoms with Crippen LogP contribution in [0.5, 0.6) is 0 Å². The summed E-state index contributed by atoms with van der Waals surface area (Å²) in [5, 5.41) is 0. The van der Waals surface area contributed by atoms with Crippen LogP contribution >= 0.6 is 0 Å². The summed E-state index contributed by atoms with van der Waals surface area (Å²) in [6.45, 7) is 8.76. The predicted octanol–water partition coefficient (Wildman–Crippen LogP) is 5.29. The van der Waals surface area contributed by atoms with Crippen molar-refractivity contribution in [1.29, 1.82) is 0 Å². The third-order valence-corrected chi connectivity index (χ3v) is 4.61. The third-order valence-electron chi connectivity index (χ3n) is 4.61. The van der Waals surface area contributed by atoms with Gasteiger partial charge in [0.2, 0.25) is 0 Å². The number of carbonyl (C=O) groups is 2. The molecule has 0 fully saturated rings. The Morgan fingerprint density at radius 2 is 1.25 bits per heavy atom. The molecule has 0 aliphatic heterocycles. The maximum absolute atomic E-state index is 11.7. The molecule has 2 unspecified atom stereocenters. The summed E-state index contributed by atoms with van der Waals surface area (Å²) in [5.41, 5.74) is 0. The zero-order valence-electron chi connectivity index (χ0n) is 16.3. The molecule has 0 saturated carbocycles. The highest BCUT2D eigenvalue weighted by molar-refractivity contribution is 5.72. The van der Waals surface area contributed by atoms with Crippen LogP contribution in [0.4, 0.5) is 0 Å². The number of hydrogen-bond donors (Lipinski definition) is 0. The largest absolute Gasteiger partial charge is 0.466 e. The fourth-order valence-corrected chi connectivity index (χ4v) is 2.79. The van der Waals surface area contributed by atoms with E-state index in [1.807, 2.05) is 20.8 Å². The molecule has 4 nitrogen and oxygen atoms in total. The van der Waals surface area contributed by atoms with Gasteiger partial charge in [0.25, 0.3) is 0 Å². The lowest BCUT2D eigenvalue weighted by molar-refractivity contribution is -0.149. The summed E-state index contributed by atoms with van der Waals surface area (Å²) < 4.78 is 9.99. The van der Waals surface area contributed by atoms with Gasteiger partial charge >= 0.3 is 11.9 Å². The summed E-state index contributed by atoms with van der Waals surface area (Å²) in [6.07, 6.45) is 11.1. The molecule has 0 aromatic rings.